The van der Waals surface area contributed by atoms with Crippen molar-refractivity contribution < 1.29 is 23.7 Å². The summed E-state index contributed by atoms with van der Waals surface area (Å²) in [5.41, 5.74) is 8.37. The molecule has 5 atom stereocenters. The standard InChI is InChI=1S/C12H17N3O5/c1-5-6(10(16)14-15-13)7-8-9(11(17-4)18-7)20-12(2,3)19-8/h5-9,11H,1H2,2-4H3/t6-,7-,8-,9-,11-/m1/s1. The van der Waals surface area contributed by atoms with Crippen LogP contribution in [0.3, 0.4) is 0 Å². The van der Waals surface area contributed by atoms with Gasteiger partial charge >= 0.3 is 0 Å². The first-order valence-corrected chi connectivity index (χ1v) is 6.19. The van der Waals surface area contributed by atoms with E-state index in [1.54, 1.807) is 13.8 Å². The lowest BCUT2D eigenvalue weighted by Gasteiger charge is -2.25. The van der Waals surface area contributed by atoms with Gasteiger partial charge in [0.25, 0.3) is 0 Å². The lowest BCUT2D eigenvalue weighted by Crippen LogP contribution is -2.37. The maximum Gasteiger partial charge on any atom is 0.228 e. The number of carbonyl (C=O) groups is 1. The minimum absolute atomic E-state index is 0.443. The third-order valence-electron chi connectivity index (χ3n) is 3.32. The van der Waals surface area contributed by atoms with Gasteiger partial charge in [-0.1, -0.05) is 6.08 Å². The summed E-state index contributed by atoms with van der Waals surface area (Å²) in [7, 11) is 1.48. The van der Waals surface area contributed by atoms with Gasteiger partial charge in [0, 0.05) is 12.0 Å². The third kappa shape index (κ3) is 2.56. The van der Waals surface area contributed by atoms with Crippen LogP contribution in [0, 0.1) is 5.92 Å². The highest BCUT2D eigenvalue weighted by Crippen LogP contribution is 2.41. The third-order valence-corrected chi connectivity index (χ3v) is 3.32. The molecule has 8 nitrogen and oxygen atoms in total. The maximum absolute atomic E-state index is 11.8. The summed E-state index contributed by atoms with van der Waals surface area (Å²) in [5.74, 6) is -2.27. The minimum atomic E-state index is -0.809. The Hall–Kier alpha value is -1.44. The summed E-state index contributed by atoms with van der Waals surface area (Å²) in [4.78, 5) is 14.3. The molecule has 20 heavy (non-hydrogen) atoms. The van der Waals surface area contributed by atoms with Gasteiger partial charge in [0.15, 0.2) is 12.1 Å². The average molecular weight is 283 g/mol. The normalized spacial score (nSPS) is 36.0. The molecular formula is C12H17N3O5. The molecule has 2 saturated heterocycles. The highest BCUT2D eigenvalue weighted by Gasteiger charge is 2.57. The van der Waals surface area contributed by atoms with Gasteiger partial charge in [-0.15, -0.1) is 6.58 Å². The van der Waals surface area contributed by atoms with Gasteiger partial charge in [0.1, 0.15) is 18.3 Å². The van der Waals surface area contributed by atoms with Crippen LogP contribution >= 0.6 is 0 Å². The van der Waals surface area contributed by atoms with E-state index in [-0.39, 0.29) is 0 Å². The smallest absolute Gasteiger partial charge is 0.228 e. The summed E-state index contributed by atoms with van der Waals surface area (Å²) >= 11 is 0. The number of rotatable bonds is 4. The lowest BCUT2D eigenvalue weighted by molar-refractivity contribution is -0.230. The summed E-state index contributed by atoms with van der Waals surface area (Å²) in [6, 6.07) is 0. The van der Waals surface area contributed by atoms with Crippen LogP contribution in [0.4, 0.5) is 0 Å². The van der Waals surface area contributed by atoms with E-state index < -0.39 is 42.2 Å². The highest BCUT2D eigenvalue weighted by molar-refractivity contribution is 5.81. The lowest BCUT2D eigenvalue weighted by atomic mass is 9.96. The Labute approximate surface area is 116 Å². The van der Waals surface area contributed by atoms with Crippen LogP contribution in [0.1, 0.15) is 13.8 Å². The van der Waals surface area contributed by atoms with Crippen LogP contribution in [0.15, 0.2) is 17.8 Å². The molecular weight excluding hydrogens is 266 g/mol. The molecule has 1 amide bonds. The molecule has 2 aliphatic rings. The zero-order valence-electron chi connectivity index (χ0n) is 11.6. The first-order chi connectivity index (χ1) is 9.43. The second-order valence-electron chi connectivity index (χ2n) is 5.06. The van der Waals surface area contributed by atoms with Gasteiger partial charge in [0.2, 0.25) is 5.91 Å². The molecule has 2 heterocycles. The van der Waals surface area contributed by atoms with Crippen molar-refractivity contribution in [2.24, 2.45) is 11.0 Å². The molecule has 0 aromatic carbocycles. The summed E-state index contributed by atoms with van der Waals surface area (Å²) < 4.78 is 22.3. The summed E-state index contributed by atoms with van der Waals surface area (Å²) in [6.07, 6.45) is -0.863. The molecule has 0 aromatic rings. The van der Waals surface area contributed by atoms with E-state index in [1.807, 2.05) is 0 Å². The van der Waals surface area contributed by atoms with E-state index in [2.05, 4.69) is 16.6 Å². The Balaban J connectivity index is 2.25. The van der Waals surface area contributed by atoms with Crippen LogP contribution in [0.2, 0.25) is 0 Å². The maximum atomic E-state index is 11.8. The van der Waals surface area contributed by atoms with E-state index in [0.29, 0.717) is 0 Å². The first kappa shape index (κ1) is 15.0. The Morgan fingerprint density at radius 3 is 2.70 bits per heavy atom. The predicted octanol–water partition coefficient (Wildman–Crippen LogP) is 1.52. The van der Waals surface area contributed by atoms with Crippen LogP contribution in [-0.4, -0.2) is 43.4 Å². The van der Waals surface area contributed by atoms with Gasteiger partial charge in [-0.3, -0.25) is 4.79 Å². The van der Waals surface area contributed by atoms with Crippen molar-refractivity contribution in [2.45, 2.75) is 44.2 Å². The van der Waals surface area contributed by atoms with Crippen molar-refractivity contribution in [1.29, 1.82) is 0 Å². The summed E-state index contributed by atoms with van der Waals surface area (Å²) in [5, 5.41) is 3.09. The van der Waals surface area contributed by atoms with E-state index in [0.717, 1.165) is 0 Å². The highest BCUT2D eigenvalue weighted by atomic mass is 16.8. The number of ether oxygens (including phenoxy) is 4. The van der Waals surface area contributed by atoms with E-state index in [9.17, 15) is 4.79 Å². The van der Waals surface area contributed by atoms with Gasteiger partial charge in [-0.2, -0.15) is 0 Å². The molecule has 2 rings (SSSR count). The Morgan fingerprint density at radius 2 is 2.15 bits per heavy atom. The van der Waals surface area contributed by atoms with Crippen molar-refractivity contribution in [1.82, 2.24) is 0 Å². The van der Waals surface area contributed by atoms with Crippen LogP contribution < -0.4 is 0 Å². The largest absolute Gasteiger partial charge is 0.353 e. The topological polar surface area (TPSA) is 103 Å². The fourth-order valence-corrected chi connectivity index (χ4v) is 2.56. The number of hydrogen-bond acceptors (Lipinski definition) is 5. The molecule has 0 radical (unpaired) electrons. The Morgan fingerprint density at radius 1 is 1.50 bits per heavy atom. The fourth-order valence-electron chi connectivity index (χ4n) is 2.56. The zero-order valence-corrected chi connectivity index (χ0v) is 11.6. The van der Waals surface area contributed by atoms with Crippen molar-refractivity contribution in [3.05, 3.63) is 23.1 Å². The molecule has 2 fully saturated rings. The number of amides is 1. The number of azide groups is 1. The van der Waals surface area contributed by atoms with Crippen molar-refractivity contribution in [3.8, 4) is 0 Å². The monoisotopic (exact) mass is 283 g/mol. The van der Waals surface area contributed by atoms with Crippen molar-refractivity contribution in [2.75, 3.05) is 7.11 Å². The van der Waals surface area contributed by atoms with Gasteiger partial charge < -0.3 is 18.9 Å². The molecule has 0 spiro atoms. The van der Waals surface area contributed by atoms with E-state index in [4.69, 9.17) is 24.5 Å². The van der Waals surface area contributed by atoms with Gasteiger partial charge in [-0.05, 0) is 24.5 Å². The molecule has 0 N–H and O–H groups in total. The number of fused-ring (bicyclic) bond motifs is 1. The molecule has 0 bridgehead atoms. The Kier molecular flexibility index (Phi) is 4.12. The number of nitrogens with zero attached hydrogens (tertiary/aromatic N) is 3. The van der Waals surface area contributed by atoms with Crippen molar-refractivity contribution >= 4 is 5.91 Å². The van der Waals surface area contributed by atoms with Gasteiger partial charge in [-0.25, -0.2) is 0 Å². The SMILES string of the molecule is C=C[C@@H](C(=O)N=[N+]=[N-])[C@H]1O[C@@H](OC)[C@@H]2OC(C)(C)O[C@@H]21. The second kappa shape index (κ2) is 5.51. The number of carbonyl (C=O) groups excluding carboxylic acids is 1. The second-order valence-corrected chi connectivity index (χ2v) is 5.06. The quantitative estimate of drug-likeness (QED) is 0.337. The zero-order chi connectivity index (χ0) is 14.9. The minimum Gasteiger partial charge on any atom is -0.353 e. The predicted molar refractivity (Wildman–Crippen MR) is 67.3 cm³/mol. The molecule has 0 unspecified atom stereocenters. The van der Waals surface area contributed by atoms with Crippen molar-refractivity contribution in [3.63, 3.8) is 0 Å². The Bertz CT molecular complexity index is 460. The summed E-state index contributed by atoms with van der Waals surface area (Å²) in [6.45, 7) is 7.13. The molecule has 8 heteroatoms. The molecule has 0 saturated carbocycles. The van der Waals surface area contributed by atoms with Crippen LogP contribution in [-0.2, 0) is 23.7 Å². The van der Waals surface area contributed by atoms with Crippen LogP contribution in [0.5, 0.6) is 0 Å². The molecule has 110 valence electrons. The first-order valence-electron chi connectivity index (χ1n) is 6.19. The molecule has 0 aromatic heterocycles. The molecule has 2 aliphatic heterocycles. The average Bonchev–Trinajstić information content (AvgIpc) is 2.85. The number of hydrogen-bond donors (Lipinski definition) is 0. The number of methoxy groups -OCH3 is 1. The van der Waals surface area contributed by atoms with Crippen LogP contribution in [0.25, 0.3) is 10.4 Å². The fraction of sp³-hybridized carbons (Fsp3) is 0.750. The molecule has 0 aliphatic carbocycles. The van der Waals surface area contributed by atoms with Gasteiger partial charge in [0.05, 0.1) is 5.92 Å². The van der Waals surface area contributed by atoms with E-state index >= 15 is 0 Å². The van der Waals surface area contributed by atoms with E-state index in [1.165, 1.54) is 13.2 Å².